The smallest absolute Gasteiger partial charge is 0.744 e. The first-order valence-electron chi connectivity index (χ1n) is 18.5. The third-order valence-electron chi connectivity index (χ3n) is 9.61. The summed E-state index contributed by atoms with van der Waals surface area (Å²) in [4.78, 5) is 22.0. The van der Waals surface area contributed by atoms with Gasteiger partial charge in [-0.3, -0.25) is 9.59 Å². The van der Waals surface area contributed by atoms with Gasteiger partial charge in [0.15, 0.2) is 11.5 Å². The monoisotopic (exact) mass is 1200 g/mol. The molecule has 0 bridgehead atoms. The number of nitrogens with zero attached hydrogens (tertiary/aromatic N) is 4. The number of anilines is 2. The second-order valence-electron chi connectivity index (χ2n) is 14.1. The van der Waals surface area contributed by atoms with E-state index in [0.717, 1.165) is 24.3 Å². The molecule has 0 aromatic heterocycles. The minimum Gasteiger partial charge on any atom is -0.744 e. The van der Waals surface area contributed by atoms with Gasteiger partial charge in [-0.15, -0.1) is 10.2 Å². The fourth-order valence-corrected chi connectivity index (χ4v) is 9.75. The van der Waals surface area contributed by atoms with E-state index in [4.69, 9.17) is 46.4 Å². The summed E-state index contributed by atoms with van der Waals surface area (Å²) >= 11 is 24.2. The average Bonchev–Trinajstić information content (AvgIpc) is 3.25. The molecule has 362 valence electrons. The van der Waals surface area contributed by atoms with Crippen LogP contribution < -0.4 is 129 Å². The number of aromatic hydroxyl groups is 2. The van der Waals surface area contributed by atoms with Crippen molar-refractivity contribution in [1.29, 1.82) is 0 Å². The van der Waals surface area contributed by atoms with Crippen molar-refractivity contribution in [2.24, 2.45) is 20.5 Å². The summed E-state index contributed by atoms with van der Waals surface area (Å²) in [5, 5.41) is 40.1. The zero-order valence-electron chi connectivity index (χ0n) is 37.8. The minimum absolute atomic E-state index is 0. The van der Waals surface area contributed by atoms with E-state index in [1.165, 1.54) is 36.4 Å². The fraction of sp³-hybridized carbons (Fsp3) is 0. The molecule has 0 aliphatic carbocycles. The summed E-state index contributed by atoms with van der Waals surface area (Å²) in [7, 11) is -21.8. The van der Waals surface area contributed by atoms with Crippen molar-refractivity contribution in [1.82, 2.24) is 0 Å². The Kier molecular flexibility index (Phi) is 22.8. The molecule has 0 saturated heterocycles. The van der Waals surface area contributed by atoms with Gasteiger partial charge < -0.3 is 39.1 Å². The largest absolute Gasteiger partial charge is 1.00 e. The van der Waals surface area contributed by atoms with E-state index in [2.05, 4.69) is 31.1 Å². The van der Waals surface area contributed by atoms with Crippen molar-refractivity contribution in [3.63, 3.8) is 0 Å². The minimum atomic E-state index is -5.59. The van der Waals surface area contributed by atoms with Gasteiger partial charge in [0.25, 0.3) is 11.8 Å². The van der Waals surface area contributed by atoms with E-state index >= 15 is 0 Å². The van der Waals surface area contributed by atoms with Gasteiger partial charge in [-0.2, -0.15) is 10.2 Å². The van der Waals surface area contributed by atoms with Crippen molar-refractivity contribution in [2.45, 2.75) is 19.6 Å². The normalized spacial score (nSPS) is 11.9. The van der Waals surface area contributed by atoms with Crippen molar-refractivity contribution >= 4 is 154 Å². The first-order chi connectivity index (χ1) is 32.5. The number of phenols is 2. The molecule has 0 fully saturated rings. The number of phenolic OH excluding ortho intramolecular Hbond substituents is 2. The number of hydrogen-bond donors (Lipinski definition) is 4. The Labute approximate surface area is 527 Å². The number of azo groups is 2. The molecule has 0 aliphatic rings. The van der Waals surface area contributed by atoms with Gasteiger partial charge in [-0.05, 0) is 102 Å². The molecular weight excluding hydrogens is 1180 g/mol. The van der Waals surface area contributed by atoms with Crippen LogP contribution in [-0.4, -0.2) is 73.9 Å². The van der Waals surface area contributed by atoms with Crippen molar-refractivity contribution in [2.75, 3.05) is 10.6 Å². The Hall–Kier alpha value is -2.40. The molecule has 0 saturated carbocycles. The molecule has 0 radical (unpaired) electrons. The van der Waals surface area contributed by atoms with Crippen LogP contribution in [0.2, 0.25) is 20.1 Å². The number of carbonyl (C=O) groups excluding carboxylic acids is 2. The van der Waals surface area contributed by atoms with Crippen LogP contribution in [0.4, 0.5) is 34.1 Å². The third-order valence-corrected chi connectivity index (χ3v) is 14.3. The van der Waals surface area contributed by atoms with Gasteiger partial charge in [-0.1, -0.05) is 52.5 Å². The summed E-state index contributed by atoms with van der Waals surface area (Å²) in [5.41, 5.74) is -4.05. The summed E-state index contributed by atoms with van der Waals surface area (Å²) < 4.78 is 147. The fourth-order valence-electron chi connectivity index (χ4n) is 6.51. The van der Waals surface area contributed by atoms with Gasteiger partial charge in [0.05, 0.1) is 68.5 Å². The SMILES string of the molecule is O=C(Nc1cc(S(=O)(=O)[O-])cc2cc(S(=O)(=O)[O-])c(N=Nc3ccc(N=Nc4c(S(=O)(=O)[O-])cc5cc(S(=O)(=O)[O-])cc(NC(=O)c6cccc(Cl)c6Cl)c5c4O)cc3)c(O)c12)c1ccc(Cl)cc1Cl.[Na+].[Na+].[Na+].[Na+]. The van der Waals surface area contributed by atoms with E-state index in [9.17, 15) is 71.7 Å². The van der Waals surface area contributed by atoms with Gasteiger partial charge in [0.1, 0.15) is 51.8 Å². The van der Waals surface area contributed by atoms with Crippen LogP contribution in [0.15, 0.2) is 137 Å². The summed E-state index contributed by atoms with van der Waals surface area (Å²) in [5.74, 6) is -4.36. The maximum absolute atomic E-state index is 13.3. The Bertz CT molecular complexity index is 3980. The van der Waals surface area contributed by atoms with Crippen LogP contribution in [0, 0.1) is 0 Å². The molecule has 0 atom stereocenters. The van der Waals surface area contributed by atoms with Crippen LogP contribution in [0.5, 0.6) is 11.5 Å². The Morgan fingerprint density at radius 2 is 0.878 bits per heavy atom. The van der Waals surface area contributed by atoms with Crippen LogP contribution in [-0.2, 0) is 40.5 Å². The third kappa shape index (κ3) is 14.8. The van der Waals surface area contributed by atoms with E-state index < -0.39 is 128 Å². The number of amides is 2. The second kappa shape index (κ2) is 25.6. The number of halogens is 4. The summed E-state index contributed by atoms with van der Waals surface area (Å²) in [6, 6.07) is 15.8. The maximum Gasteiger partial charge on any atom is 1.00 e. The van der Waals surface area contributed by atoms with Gasteiger partial charge >= 0.3 is 118 Å². The Morgan fingerprint density at radius 1 is 0.473 bits per heavy atom. The zero-order valence-corrected chi connectivity index (χ0v) is 52.1. The van der Waals surface area contributed by atoms with E-state index in [-0.39, 0.29) is 161 Å². The van der Waals surface area contributed by atoms with Gasteiger partial charge in [0.2, 0.25) is 0 Å². The van der Waals surface area contributed by atoms with Crippen LogP contribution in [0.3, 0.4) is 0 Å². The van der Waals surface area contributed by atoms with Crippen LogP contribution >= 0.6 is 46.4 Å². The topological polar surface area (TPSA) is 377 Å². The van der Waals surface area contributed by atoms with Crippen molar-refractivity contribution < 1.29 is 190 Å². The molecule has 2 amide bonds. The molecule has 4 N–H and O–H groups in total. The molecule has 0 spiro atoms. The number of nitrogens with one attached hydrogen (secondary N) is 2. The van der Waals surface area contributed by atoms with Crippen molar-refractivity contribution in [3.8, 4) is 11.5 Å². The predicted molar refractivity (Wildman–Crippen MR) is 247 cm³/mol. The number of fused-ring (bicyclic) bond motifs is 2. The van der Waals surface area contributed by atoms with Gasteiger partial charge in [-0.25, -0.2) is 33.7 Å². The number of hydrogen-bond acceptors (Lipinski definition) is 20. The van der Waals surface area contributed by atoms with Crippen LogP contribution in [0.25, 0.3) is 21.5 Å². The van der Waals surface area contributed by atoms with E-state index in [0.29, 0.717) is 36.4 Å². The quantitative estimate of drug-likeness (QED) is 0.0538. The predicted octanol–water partition coefficient (Wildman–Crippen LogP) is -3.01. The van der Waals surface area contributed by atoms with E-state index in [1.807, 2.05) is 0 Å². The molecule has 7 aromatic carbocycles. The molecule has 74 heavy (non-hydrogen) atoms. The molecule has 0 heterocycles. The number of benzene rings is 7. The molecular formula is C40H20Cl4N6Na4O16S4. The molecule has 34 heteroatoms. The maximum atomic E-state index is 13.3. The summed E-state index contributed by atoms with van der Waals surface area (Å²) in [6.07, 6.45) is 0. The Morgan fingerprint density at radius 3 is 1.26 bits per heavy atom. The number of carbonyl (C=O) groups is 2. The average molecular weight is 1200 g/mol. The van der Waals surface area contributed by atoms with Gasteiger partial charge in [0, 0.05) is 15.8 Å². The van der Waals surface area contributed by atoms with Crippen molar-refractivity contribution in [3.05, 3.63) is 128 Å². The molecule has 22 nitrogen and oxygen atoms in total. The van der Waals surface area contributed by atoms with Crippen LogP contribution in [0.1, 0.15) is 20.7 Å². The first kappa shape index (κ1) is 65.9. The van der Waals surface area contributed by atoms with E-state index in [1.54, 1.807) is 0 Å². The Balaban J connectivity index is 0.00000361. The summed E-state index contributed by atoms with van der Waals surface area (Å²) in [6.45, 7) is 0. The zero-order chi connectivity index (χ0) is 51.4. The standard InChI is InChI=1S/C40H24Cl4N6O16S4.4Na/c41-19-4-9-24(27(43)14-19)39(53)45-28-15-22(67(55,56)57)10-17-12-30(69(61,62)63)35(37(51)32(17)28)49-47-20-5-7-21(8-6-20)48-50-36-31(70(64,65)66)13-18-11-23(68(58,59)60)16-29(33(18)38(36)52)46-40(54)25-2-1-3-26(42)34(25)44;;;;/h1-16,51-52H,(H,45,53)(H,46,54)(H,55,56,57)(H,58,59,60)(H,61,62,63)(H,64,65,66);;;;/q;4*+1/p-4. The molecule has 7 aromatic rings. The molecule has 0 unspecified atom stereocenters. The molecule has 7 rings (SSSR count). The second-order valence-corrected chi connectivity index (χ2v) is 21.2. The first-order valence-corrected chi connectivity index (χ1v) is 25.6. The number of rotatable bonds is 12. The molecule has 0 aliphatic heterocycles.